The number of fused-ring (bicyclic) bond motifs is 1. The predicted molar refractivity (Wildman–Crippen MR) is 82.9 cm³/mol. The van der Waals surface area contributed by atoms with Gasteiger partial charge in [-0.1, -0.05) is 6.07 Å². The molecule has 0 radical (unpaired) electrons. The van der Waals surface area contributed by atoms with Crippen molar-refractivity contribution in [1.29, 1.82) is 0 Å². The quantitative estimate of drug-likeness (QED) is 0.573. The summed E-state index contributed by atoms with van der Waals surface area (Å²) < 4.78 is 11.0. The Labute approximate surface area is 121 Å². The van der Waals surface area contributed by atoms with E-state index in [0.717, 1.165) is 16.5 Å². The first kappa shape index (κ1) is 13.2. The lowest BCUT2D eigenvalue weighted by molar-refractivity contribution is 0.482. The van der Waals surface area contributed by atoms with E-state index in [4.69, 9.17) is 14.9 Å². The first-order chi connectivity index (χ1) is 10.0. The van der Waals surface area contributed by atoms with Crippen molar-refractivity contribution in [1.82, 2.24) is 0 Å². The zero-order valence-electron chi connectivity index (χ0n) is 11.8. The van der Waals surface area contributed by atoms with Crippen LogP contribution in [0.3, 0.4) is 0 Å². The molecule has 0 saturated heterocycles. The molecule has 0 aliphatic carbocycles. The van der Waals surface area contributed by atoms with Crippen LogP contribution in [0.2, 0.25) is 0 Å². The fourth-order valence-electron chi connectivity index (χ4n) is 2.26. The van der Waals surface area contributed by atoms with Gasteiger partial charge in [-0.2, -0.15) is 0 Å². The Morgan fingerprint density at radius 2 is 1.86 bits per heavy atom. The van der Waals surface area contributed by atoms with Gasteiger partial charge in [0.1, 0.15) is 17.1 Å². The minimum absolute atomic E-state index is 0.369. The molecule has 106 valence electrons. The third kappa shape index (κ3) is 2.60. The smallest absolute Gasteiger partial charge is 0.336 e. The van der Waals surface area contributed by atoms with Gasteiger partial charge in [-0.15, -0.1) is 0 Å². The molecule has 1 heterocycles. The highest BCUT2D eigenvalue weighted by Crippen LogP contribution is 2.30. The SMILES string of the molecule is Cc1ccc(Oc2ccc3c(C)cc(=O)oc3c2)c(N)c1. The highest BCUT2D eigenvalue weighted by atomic mass is 16.5. The summed E-state index contributed by atoms with van der Waals surface area (Å²) in [4.78, 5) is 11.4. The van der Waals surface area contributed by atoms with Crippen molar-refractivity contribution in [2.24, 2.45) is 0 Å². The Morgan fingerprint density at radius 3 is 2.62 bits per heavy atom. The largest absolute Gasteiger partial charge is 0.455 e. The van der Waals surface area contributed by atoms with Crippen LogP contribution in [0.5, 0.6) is 11.5 Å². The summed E-state index contributed by atoms with van der Waals surface area (Å²) in [7, 11) is 0. The van der Waals surface area contributed by atoms with Gasteiger partial charge in [0.2, 0.25) is 0 Å². The minimum Gasteiger partial charge on any atom is -0.455 e. The molecule has 0 amide bonds. The Hall–Kier alpha value is -2.75. The van der Waals surface area contributed by atoms with Crippen molar-refractivity contribution >= 4 is 16.7 Å². The summed E-state index contributed by atoms with van der Waals surface area (Å²) >= 11 is 0. The molecule has 0 aliphatic heterocycles. The maximum atomic E-state index is 11.4. The van der Waals surface area contributed by atoms with Crippen LogP contribution in [0.1, 0.15) is 11.1 Å². The van der Waals surface area contributed by atoms with Gasteiger partial charge in [-0.3, -0.25) is 0 Å². The number of hydrogen-bond donors (Lipinski definition) is 1. The number of aryl methyl sites for hydroxylation is 2. The molecule has 0 saturated carbocycles. The third-order valence-corrected chi connectivity index (χ3v) is 3.32. The van der Waals surface area contributed by atoms with Crippen LogP contribution in [-0.4, -0.2) is 0 Å². The zero-order chi connectivity index (χ0) is 15.0. The fraction of sp³-hybridized carbons (Fsp3) is 0.118. The molecule has 0 unspecified atom stereocenters. The van der Waals surface area contributed by atoms with Gasteiger partial charge in [0.25, 0.3) is 0 Å². The third-order valence-electron chi connectivity index (χ3n) is 3.32. The molecule has 3 rings (SSSR count). The second-order valence-electron chi connectivity index (χ2n) is 5.05. The van der Waals surface area contributed by atoms with E-state index < -0.39 is 0 Å². The van der Waals surface area contributed by atoms with Gasteiger partial charge in [-0.25, -0.2) is 4.79 Å². The van der Waals surface area contributed by atoms with E-state index >= 15 is 0 Å². The maximum absolute atomic E-state index is 11.4. The molecule has 0 spiro atoms. The Kier molecular flexibility index (Phi) is 3.14. The number of nitrogen functional groups attached to an aromatic ring is 1. The lowest BCUT2D eigenvalue weighted by Gasteiger charge is -2.10. The van der Waals surface area contributed by atoms with Gasteiger partial charge in [0.05, 0.1) is 5.69 Å². The summed E-state index contributed by atoms with van der Waals surface area (Å²) in [5.74, 6) is 1.15. The van der Waals surface area contributed by atoms with Crippen LogP contribution in [0, 0.1) is 13.8 Å². The zero-order valence-corrected chi connectivity index (χ0v) is 11.8. The molecule has 21 heavy (non-hydrogen) atoms. The molecule has 0 bridgehead atoms. The Bertz CT molecular complexity index is 881. The van der Waals surface area contributed by atoms with Gasteiger partial charge >= 0.3 is 5.63 Å². The number of hydrogen-bond acceptors (Lipinski definition) is 4. The van der Waals surface area contributed by atoms with Crippen molar-refractivity contribution in [3.05, 3.63) is 64.0 Å². The van der Waals surface area contributed by atoms with Gasteiger partial charge in [0.15, 0.2) is 0 Å². The van der Waals surface area contributed by atoms with Crippen LogP contribution >= 0.6 is 0 Å². The second kappa shape index (κ2) is 4.98. The van der Waals surface area contributed by atoms with Crippen LogP contribution in [0.4, 0.5) is 5.69 Å². The number of nitrogens with two attached hydrogens (primary N) is 1. The number of ether oxygens (including phenoxy) is 1. The van der Waals surface area contributed by atoms with E-state index in [1.807, 2.05) is 44.2 Å². The van der Waals surface area contributed by atoms with Crippen molar-refractivity contribution in [3.63, 3.8) is 0 Å². The number of anilines is 1. The lowest BCUT2D eigenvalue weighted by Crippen LogP contribution is -1.98. The molecule has 3 aromatic rings. The van der Waals surface area contributed by atoms with E-state index in [1.165, 1.54) is 6.07 Å². The van der Waals surface area contributed by atoms with E-state index in [0.29, 0.717) is 22.8 Å². The van der Waals surface area contributed by atoms with Gasteiger partial charge in [-0.05, 0) is 49.2 Å². The summed E-state index contributed by atoms with van der Waals surface area (Å²) in [6, 6.07) is 12.5. The van der Waals surface area contributed by atoms with Crippen LogP contribution in [-0.2, 0) is 0 Å². The van der Waals surface area contributed by atoms with E-state index in [-0.39, 0.29) is 5.63 Å². The normalized spacial score (nSPS) is 10.8. The standard InChI is InChI=1S/C17H15NO3/c1-10-3-6-15(14(18)7-10)20-12-4-5-13-11(2)8-17(19)21-16(13)9-12/h3-9H,18H2,1-2H3. The summed E-state index contributed by atoms with van der Waals surface area (Å²) in [5, 5.41) is 0.888. The first-order valence-electron chi connectivity index (χ1n) is 6.61. The van der Waals surface area contributed by atoms with Crippen molar-refractivity contribution < 1.29 is 9.15 Å². The topological polar surface area (TPSA) is 65.5 Å². The fourth-order valence-corrected chi connectivity index (χ4v) is 2.26. The first-order valence-corrected chi connectivity index (χ1v) is 6.61. The minimum atomic E-state index is -0.369. The molecule has 2 N–H and O–H groups in total. The predicted octanol–water partition coefficient (Wildman–Crippen LogP) is 3.78. The second-order valence-corrected chi connectivity index (χ2v) is 5.05. The van der Waals surface area contributed by atoms with E-state index in [9.17, 15) is 4.79 Å². The maximum Gasteiger partial charge on any atom is 0.336 e. The van der Waals surface area contributed by atoms with Crippen LogP contribution < -0.4 is 16.1 Å². The summed E-state index contributed by atoms with van der Waals surface area (Å²) in [6.45, 7) is 3.84. The molecule has 1 aromatic heterocycles. The molecule has 4 heteroatoms. The van der Waals surface area contributed by atoms with E-state index in [1.54, 1.807) is 6.07 Å². The Morgan fingerprint density at radius 1 is 1.05 bits per heavy atom. The Balaban J connectivity index is 2.03. The average molecular weight is 281 g/mol. The van der Waals surface area contributed by atoms with Gasteiger partial charge < -0.3 is 14.9 Å². The highest BCUT2D eigenvalue weighted by Gasteiger charge is 2.06. The van der Waals surface area contributed by atoms with Gasteiger partial charge in [0, 0.05) is 17.5 Å². The molecule has 0 aliphatic rings. The number of rotatable bonds is 2. The summed E-state index contributed by atoms with van der Waals surface area (Å²) in [5.41, 5.74) is 8.58. The monoisotopic (exact) mass is 281 g/mol. The molecular formula is C17H15NO3. The van der Waals surface area contributed by atoms with Crippen LogP contribution in [0.15, 0.2) is 51.7 Å². The molecule has 4 nitrogen and oxygen atoms in total. The highest BCUT2D eigenvalue weighted by molar-refractivity contribution is 5.81. The van der Waals surface area contributed by atoms with Crippen LogP contribution in [0.25, 0.3) is 11.0 Å². The molecule has 0 atom stereocenters. The summed E-state index contributed by atoms with van der Waals surface area (Å²) in [6.07, 6.45) is 0. The lowest BCUT2D eigenvalue weighted by atomic mass is 10.1. The number of benzene rings is 2. The van der Waals surface area contributed by atoms with E-state index in [2.05, 4.69) is 0 Å². The van der Waals surface area contributed by atoms with Crippen molar-refractivity contribution in [3.8, 4) is 11.5 Å². The molecular weight excluding hydrogens is 266 g/mol. The van der Waals surface area contributed by atoms with Crippen molar-refractivity contribution in [2.75, 3.05) is 5.73 Å². The average Bonchev–Trinajstić information content (AvgIpc) is 2.41. The van der Waals surface area contributed by atoms with Crippen molar-refractivity contribution in [2.45, 2.75) is 13.8 Å². The molecule has 0 fully saturated rings. The molecule has 2 aromatic carbocycles.